The summed E-state index contributed by atoms with van der Waals surface area (Å²) in [6, 6.07) is 21.5. The molecule has 0 aliphatic rings. The molecule has 0 fully saturated rings. The standard InChI is InChI=1S/C28H30ClN3O2/c1-20-18-23(19-21(2)27(20)29)34-17-9-16-32-25-13-7-6-12-24(25)31-26(32)14-8-15-30-28(33)22-10-4-3-5-11-22/h3-7,10-13,18-19H,8-9,14-17H2,1-2H3,(H,30,33). The Balaban J connectivity index is 1.34. The average Bonchev–Trinajstić information content (AvgIpc) is 3.20. The molecule has 1 aromatic heterocycles. The van der Waals surface area contributed by atoms with Crippen LogP contribution in [0.1, 0.15) is 40.2 Å². The van der Waals surface area contributed by atoms with E-state index >= 15 is 0 Å². The molecule has 5 nitrogen and oxygen atoms in total. The molecule has 0 bridgehead atoms. The molecule has 0 radical (unpaired) electrons. The van der Waals surface area contributed by atoms with E-state index < -0.39 is 0 Å². The number of amides is 1. The number of aromatic nitrogens is 2. The number of imidazole rings is 1. The first-order valence-corrected chi connectivity index (χ1v) is 12.1. The van der Waals surface area contributed by atoms with E-state index in [1.54, 1.807) is 0 Å². The highest BCUT2D eigenvalue weighted by atomic mass is 35.5. The van der Waals surface area contributed by atoms with Gasteiger partial charge in [-0.25, -0.2) is 4.98 Å². The van der Waals surface area contributed by atoms with Crippen molar-refractivity contribution in [2.75, 3.05) is 13.2 Å². The molecule has 0 atom stereocenters. The van der Waals surface area contributed by atoms with Gasteiger partial charge in [0.2, 0.25) is 0 Å². The van der Waals surface area contributed by atoms with Gasteiger partial charge in [0.25, 0.3) is 5.91 Å². The lowest BCUT2D eigenvalue weighted by molar-refractivity contribution is 0.0953. The van der Waals surface area contributed by atoms with Gasteiger partial charge in [0, 0.05) is 30.1 Å². The van der Waals surface area contributed by atoms with Crippen LogP contribution in [0.5, 0.6) is 5.75 Å². The van der Waals surface area contributed by atoms with Crippen LogP contribution in [0, 0.1) is 13.8 Å². The van der Waals surface area contributed by atoms with Crippen LogP contribution < -0.4 is 10.1 Å². The predicted octanol–water partition coefficient (Wildman–Crippen LogP) is 6.14. The third-order valence-corrected chi connectivity index (χ3v) is 6.43. The summed E-state index contributed by atoms with van der Waals surface area (Å²) in [5.41, 5.74) is 4.86. The van der Waals surface area contributed by atoms with E-state index in [2.05, 4.69) is 16.0 Å². The van der Waals surface area contributed by atoms with Gasteiger partial charge in [0.1, 0.15) is 11.6 Å². The number of carbonyl (C=O) groups is 1. The van der Waals surface area contributed by atoms with Crippen LogP contribution in [0.2, 0.25) is 5.02 Å². The zero-order valence-electron chi connectivity index (χ0n) is 19.7. The molecule has 0 saturated heterocycles. The van der Waals surface area contributed by atoms with Crippen LogP contribution in [0.4, 0.5) is 0 Å². The van der Waals surface area contributed by atoms with Gasteiger partial charge in [-0.05, 0) is 74.2 Å². The van der Waals surface area contributed by atoms with E-state index in [4.69, 9.17) is 21.3 Å². The Hall–Kier alpha value is -3.31. The zero-order chi connectivity index (χ0) is 23.9. The molecular weight excluding hydrogens is 446 g/mol. The number of benzene rings is 3. The fourth-order valence-corrected chi connectivity index (χ4v) is 4.22. The van der Waals surface area contributed by atoms with Gasteiger partial charge in [0.15, 0.2) is 0 Å². The number of nitrogens with zero attached hydrogens (tertiary/aromatic N) is 2. The Labute approximate surface area is 205 Å². The maximum absolute atomic E-state index is 12.3. The largest absolute Gasteiger partial charge is 0.494 e. The van der Waals surface area contributed by atoms with E-state index in [9.17, 15) is 4.79 Å². The molecule has 0 aliphatic carbocycles. The van der Waals surface area contributed by atoms with Gasteiger partial charge in [-0.1, -0.05) is 41.9 Å². The normalized spacial score (nSPS) is 11.0. The molecule has 3 aromatic carbocycles. The number of carbonyl (C=O) groups excluding carboxylic acids is 1. The Morgan fingerprint density at radius 3 is 2.47 bits per heavy atom. The second-order valence-electron chi connectivity index (χ2n) is 8.47. The minimum Gasteiger partial charge on any atom is -0.494 e. The van der Waals surface area contributed by atoms with E-state index in [1.807, 2.05) is 74.5 Å². The maximum Gasteiger partial charge on any atom is 0.251 e. The molecule has 1 amide bonds. The Morgan fingerprint density at radius 2 is 1.71 bits per heavy atom. The van der Waals surface area contributed by atoms with Crippen molar-refractivity contribution in [3.8, 4) is 5.75 Å². The van der Waals surface area contributed by atoms with Gasteiger partial charge in [-0.2, -0.15) is 0 Å². The molecular formula is C28H30ClN3O2. The maximum atomic E-state index is 12.3. The topological polar surface area (TPSA) is 56.1 Å². The predicted molar refractivity (Wildman–Crippen MR) is 138 cm³/mol. The van der Waals surface area contributed by atoms with E-state index in [1.165, 1.54) is 0 Å². The lowest BCUT2D eigenvalue weighted by atomic mass is 10.1. The molecule has 0 unspecified atom stereocenters. The molecule has 1 N–H and O–H groups in total. The van der Waals surface area contributed by atoms with Crippen LogP contribution >= 0.6 is 11.6 Å². The molecule has 4 aromatic rings. The lowest BCUT2D eigenvalue weighted by Gasteiger charge is -2.12. The van der Waals surface area contributed by atoms with Crippen molar-refractivity contribution in [2.24, 2.45) is 0 Å². The molecule has 1 heterocycles. The second kappa shape index (κ2) is 11.2. The fourth-order valence-electron chi connectivity index (χ4n) is 4.11. The summed E-state index contributed by atoms with van der Waals surface area (Å²) < 4.78 is 8.27. The highest BCUT2D eigenvalue weighted by Crippen LogP contribution is 2.26. The summed E-state index contributed by atoms with van der Waals surface area (Å²) in [4.78, 5) is 17.1. The van der Waals surface area contributed by atoms with Gasteiger partial charge in [0.05, 0.1) is 17.6 Å². The average molecular weight is 476 g/mol. The smallest absolute Gasteiger partial charge is 0.251 e. The van der Waals surface area contributed by atoms with Gasteiger partial charge in [-0.15, -0.1) is 0 Å². The minimum atomic E-state index is -0.0427. The van der Waals surface area contributed by atoms with Gasteiger partial charge >= 0.3 is 0 Å². The van der Waals surface area contributed by atoms with Gasteiger partial charge < -0.3 is 14.6 Å². The third kappa shape index (κ3) is 5.78. The first-order chi connectivity index (χ1) is 16.5. The molecule has 176 valence electrons. The Bertz CT molecular complexity index is 1240. The van der Waals surface area contributed by atoms with Crippen molar-refractivity contribution in [1.82, 2.24) is 14.9 Å². The van der Waals surface area contributed by atoms with Crippen LogP contribution in [-0.2, 0) is 13.0 Å². The summed E-state index contributed by atoms with van der Waals surface area (Å²) in [5, 5.41) is 3.79. The molecule has 4 rings (SSSR count). The summed E-state index contributed by atoms with van der Waals surface area (Å²) >= 11 is 6.26. The van der Waals surface area contributed by atoms with Crippen molar-refractivity contribution in [2.45, 2.75) is 39.7 Å². The van der Waals surface area contributed by atoms with E-state index in [0.29, 0.717) is 18.7 Å². The number of hydrogen-bond donors (Lipinski definition) is 1. The van der Waals surface area contributed by atoms with Crippen LogP contribution in [-0.4, -0.2) is 28.6 Å². The second-order valence-corrected chi connectivity index (χ2v) is 8.84. The number of aryl methyl sites for hydroxylation is 4. The van der Waals surface area contributed by atoms with Crippen LogP contribution in [0.15, 0.2) is 66.7 Å². The highest BCUT2D eigenvalue weighted by Gasteiger charge is 2.11. The van der Waals surface area contributed by atoms with Crippen molar-refractivity contribution in [1.29, 1.82) is 0 Å². The monoisotopic (exact) mass is 475 g/mol. The SMILES string of the molecule is Cc1cc(OCCCn2c(CCCNC(=O)c3ccccc3)nc3ccccc32)cc(C)c1Cl. The first-order valence-electron chi connectivity index (χ1n) is 11.7. The number of para-hydroxylation sites is 2. The molecule has 0 saturated carbocycles. The Morgan fingerprint density at radius 1 is 1.00 bits per heavy atom. The number of halogens is 1. The summed E-state index contributed by atoms with van der Waals surface area (Å²) in [5.74, 6) is 1.84. The number of fused-ring (bicyclic) bond motifs is 1. The summed E-state index contributed by atoms with van der Waals surface area (Å²) in [6.45, 7) is 6.02. The van der Waals surface area contributed by atoms with Crippen LogP contribution in [0.25, 0.3) is 11.0 Å². The summed E-state index contributed by atoms with van der Waals surface area (Å²) in [7, 11) is 0. The first kappa shape index (κ1) is 23.8. The molecule has 6 heteroatoms. The van der Waals surface area contributed by atoms with Crippen molar-refractivity contribution in [3.63, 3.8) is 0 Å². The van der Waals surface area contributed by atoms with E-state index in [0.717, 1.165) is 64.6 Å². The molecule has 34 heavy (non-hydrogen) atoms. The van der Waals surface area contributed by atoms with Crippen LogP contribution in [0.3, 0.4) is 0 Å². The van der Waals surface area contributed by atoms with Crippen molar-refractivity contribution < 1.29 is 9.53 Å². The van der Waals surface area contributed by atoms with E-state index in [-0.39, 0.29) is 5.91 Å². The quantitative estimate of drug-likeness (QED) is 0.280. The fraction of sp³-hybridized carbons (Fsp3) is 0.286. The summed E-state index contributed by atoms with van der Waals surface area (Å²) in [6.07, 6.45) is 2.47. The van der Waals surface area contributed by atoms with Crippen molar-refractivity contribution in [3.05, 3.63) is 94.3 Å². The third-order valence-electron chi connectivity index (χ3n) is 5.84. The molecule has 0 aliphatic heterocycles. The minimum absolute atomic E-state index is 0.0427. The highest BCUT2D eigenvalue weighted by molar-refractivity contribution is 6.32. The number of rotatable bonds is 10. The number of ether oxygens (including phenoxy) is 1. The zero-order valence-corrected chi connectivity index (χ0v) is 20.4. The number of hydrogen-bond acceptors (Lipinski definition) is 3. The Kier molecular flexibility index (Phi) is 7.86. The number of nitrogens with one attached hydrogen (secondary N) is 1. The molecule has 0 spiro atoms. The lowest BCUT2D eigenvalue weighted by Crippen LogP contribution is -2.24. The van der Waals surface area contributed by atoms with Gasteiger partial charge in [-0.3, -0.25) is 4.79 Å². The van der Waals surface area contributed by atoms with Crippen molar-refractivity contribution >= 4 is 28.5 Å².